The fraction of sp³-hybridized carbons (Fsp3) is 0.280. The third-order valence-corrected chi connectivity index (χ3v) is 7.04. The first-order chi connectivity index (χ1) is 16.5. The predicted molar refractivity (Wildman–Crippen MR) is 137 cm³/mol. The van der Waals surface area contributed by atoms with Gasteiger partial charge in [-0.05, 0) is 38.1 Å². The van der Waals surface area contributed by atoms with Gasteiger partial charge in [-0.2, -0.15) is 0 Å². The quantitative estimate of drug-likeness (QED) is 0.353. The number of thiazole rings is 1. The van der Waals surface area contributed by atoms with Gasteiger partial charge in [0.05, 0.1) is 16.8 Å². The van der Waals surface area contributed by atoms with Gasteiger partial charge in [0.1, 0.15) is 11.4 Å². The molecule has 1 fully saturated rings. The first-order valence-electron chi connectivity index (χ1n) is 11.2. The van der Waals surface area contributed by atoms with Gasteiger partial charge in [0.25, 0.3) is 0 Å². The van der Waals surface area contributed by atoms with E-state index in [1.54, 1.807) is 24.5 Å². The van der Waals surface area contributed by atoms with Crippen molar-refractivity contribution in [1.29, 1.82) is 0 Å². The van der Waals surface area contributed by atoms with E-state index >= 15 is 0 Å². The first-order valence-corrected chi connectivity index (χ1v) is 12.4. The van der Waals surface area contributed by atoms with E-state index in [2.05, 4.69) is 14.8 Å². The molecule has 0 bridgehead atoms. The lowest BCUT2D eigenvalue weighted by Gasteiger charge is -2.35. The minimum atomic E-state index is -0.404. The van der Waals surface area contributed by atoms with Crippen LogP contribution in [0.2, 0.25) is 5.02 Å². The maximum Gasteiger partial charge on any atom is 0.343 e. The Morgan fingerprint density at radius 3 is 2.65 bits per heavy atom. The van der Waals surface area contributed by atoms with Gasteiger partial charge >= 0.3 is 5.97 Å². The van der Waals surface area contributed by atoms with Gasteiger partial charge in [0.15, 0.2) is 11.0 Å². The molecule has 1 aliphatic heterocycles. The number of hydrogen-bond donors (Lipinski definition) is 0. The number of piperazine rings is 1. The van der Waals surface area contributed by atoms with E-state index in [-0.39, 0.29) is 0 Å². The second kappa shape index (κ2) is 9.56. The van der Waals surface area contributed by atoms with Gasteiger partial charge in [0, 0.05) is 43.0 Å². The van der Waals surface area contributed by atoms with Crippen LogP contribution in [0.4, 0.5) is 10.9 Å². The molecule has 0 spiro atoms. The fourth-order valence-electron chi connectivity index (χ4n) is 4.02. The SMILES string of the molecule is CCOC(=O)c1cnc(-c2cccc(C)c2)nc1N1CCN(c2nc3ccc(Cl)cc3s2)CC1. The molecule has 0 radical (unpaired) electrons. The topological polar surface area (TPSA) is 71.5 Å². The summed E-state index contributed by atoms with van der Waals surface area (Å²) < 4.78 is 6.36. The second-order valence-corrected chi connectivity index (χ2v) is 9.55. The standard InChI is InChI=1S/C25H24ClN5O2S/c1-3-33-24(32)19-15-27-22(17-6-4-5-16(2)13-17)29-23(19)30-9-11-31(12-10-30)25-28-20-8-7-18(26)14-21(20)34-25/h4-8,13-15H,3,9-12H2,1-2H3. The molecule has 4 aromatic rings. The van der Waals surface area contributed by atoms with Crippen molar-refractivity contribution in [2.45, 2.75) is 13.8 Å². The summed E-state index contributed by atoms with van der Waals surface area (Å²) in [5, 5.41) is 1.69. The first kappa shape index (κ1) is 22.6. The monoisotopic (exact) mass is 493 g/mol. The number of aromatic nitrogens is 3. The molecule has 174 valence electrons. The number of carbonyl (C=O) groups excluding carboxylic acids is 1. The minimum absolute atomic E-state index is 0.299. The lowest BCUT2D eigenvalue weighted by atomic mass is 10.1. The number of nitrogens with zero attached hydrogens (tertiary/aromatic N) is 5. The van der Waals surface area contributed by atoms with Crippen LogP contribution in [0.25, 0.3) is 21.6 Å². The summed E-state index contributed by atoms with van der Waals surface area (Å²) in [5.74, 6) is 0.802. The molecular formula is C25H24ClN5O2S. The maximum atomic E-state index is 12.7. The van der Waals surface area contributed by atoms with Crippen molar-refractivity contribution in [1.82, 2.24) is 15.0 Å². The molecule has 0 amide bonds. The molecule has 1 aliphatic rings. The van der Waals surface area contributed by atoms with Crippen molar-refractivity contribution >= 4 is 50.1 Å². The summed E-state index contributed by atoms with van der Waals surface area (Å²) >= 11 is 7.78. The second-order valence-electron chi connectivity index (χ2n) is 8.10. The Balaban J connectivity index is 1.41. The van der Waals surface area contributed by atoms with E-state index in [0.717, 1.165) is 39.6 Å². The molecule has 0 unspecified atom stereocenters. The zero-order valence-corrected chi connectivity index (χ0v) is 20.6. The molecule has 9 heteroatoms. The number of ether oxygens (including phenoxy) is 1. The molecule has 2 aromatic heterocycles. The van der Waals surface area contributed by atoms with Crippen LogP contribution in [-0.2, 0) is 4.74 Å². The van der Waals surface area contributed by atoms with Crippen molar-refractivity contribution < 1.29 is 9.53 Å². The molecule has 5 rings (SSSR count). The van der Waals surface area contributed by atoms with Crippen LogP contribution in [0, 0.1) is 6.92 Å². The van der Waals surface area contributed by atoms with Crippen molar-refractivity contribution in [3.63, 3.8) is 0 Å². The number of fused-ring (bicyclic) bond motifs is 1. The molecule has 0 atom stereocenters. The molecule has 1 saturated heterocycles. The highest BCUT2D eigenvalue weighted by atomic mass is 35.5. The van der Waals surface area contributed by atoms with Crippen LogP contribution in [0.15, 0.2) is 48.7 Å². The van der Waals surface area contributed by atoms with Gasteiger partial charge in [-0.25, -0.2) is 19.7 Å². The highest BCUT2D eigenvalue weighted by Gasteiger charge is 2.26. The predicted octanol–water partition coefficient (Wildman–Crippen LogP) is 5.22. The lowest BCUT2D eigenvalue weighted by Crippen LogP contribution is -2.47. The largest absolute Gasteiger partial charge is 0.462 e. The third kappa shape index (κ3) is 4.56. The van der Waals surface area contributed by atoms with Crippen LogP contribution < -0.4 is 9.80 Å². The van der Waals surface area contributed by atoms with Crippen LogP contribution in [0.1, 0.15) is 22.8 Å². The number of esters is 1. The smallest absolute Gasteiger partial charge is 0.343 e. The van der Waals surface area contributed by atoms with Crippen molar-refractivity contribution in [2.24, 2.45) is 0 Å². The summed E-state index contributed by atoms with van der Waals surface area (Å²) in [5.41, 5.74) is 3.39. The summed E-state index contributed by atoms with van der Waals surface area (Å²) in [6.07, 6.45) is 1.58. The van der Waals surface area contributed by atoms with Crippen molar-refractivity contribution in [3.8, 4) is 11.4 Å². The van der Waals surface area contributed by atoms with Gasteiger partial charge in [-0.1, -0.05) is 46.7 Å². The molecule has 3 heterocycles. The molecular weight excluding hydrogens is 470 g/mol. The molecule has 2 aromatic carbocycles. The van der Waals surface area contributed by atoms with Crippen LogP contribution in [0.5, 0.6) is 0 Å². The van der Waals surface area contributed by atoms with Gasteiger partial charge in [-0.3, -0.25) is 0 Å². The molecule has 0 saturated carbocycles. The van der Waals surface area contributed by atoms with Crippen molar-refractivity contribution in [3.05, 3.63) is 64.8 Å². The Labute approximate surface area is 207 Å². The average Bonchev–Trinajstić information content (AvgIpc) is 3.27. The maximum absolute atomic E-state index is 12.7. The Hall–Kier alpha value is -3.23. The Morgan fingerprint density at radius 1 is 1.09 bits per heavy atom. The number of aryl methyl sites for hydroxylation is 1. The summed E-state index contributed by atoms with van der Waals surface area (Å²) in [6, 6.07) is 13.8. The number of halogens is 1. The average molecular weight is 494 g/mol. The normalized spacial score (nSPS) is 14.0. The highest BCUT2D eigenvalue weighted by molar-refractivity contribution is 7.22. The third-order valence-electron chi connectivity index (χ3n) is 5.73. The van der Waals surface area contributed by atoms with Gasteiger partial charge in [-0.15, -0.1) is 0 Å². The summed E-state index contributed by atoms with van der Waals surface area (Å²) in [6.45, 7) is 7.06. The van der Waals surface area contributed by atoms with Crippen LogP contribution in [-0.4, -0.2) is 53.7 Å². The van der Waals surface area contributed by atoms with Crippen molar-refractivity contribution in [2.75, 3.05) is 42.6 Å². The number of rotatable bonds is 5. The summed E-state index contributed by atoms with van der Waals surface area (Å²) in [7, 11) is 0. The molecule has 0 N–H and O–H groups in total. The Morgan fingerprint density at radius 2 is 1.88 bits per heavy atom. The van der Waals surface area contributed by atoms with Gasteiger partial charge in [0.2, 0.25) is 0 Å². The van der Waals surface area contributed by atoms with E-state index in [9.17, 15) is 4.79 Å². The van der Waals surface area contributed by atoms with E-state index in [1.807, 2.05) is 49.4 Å². The number of carbonyl (C=O) groups is 1. The van der Waals surface area contributed by atoms with Crippen LogP contribution in [0.3, 0.4) is 0 Å². The fourth-order valence-corrected chi connectivity index (χ4v) is 5.31. The molecule has 34 heavy (non-hydrogen) atoms. The Kier molecular flexibility index (Phi) is 6.34. The highest BCUT2D eigenvalue weighted by Crippen LogP contribution is 2.32. The zero-order valence-electron chi connectivity index (χ0n) is 19.0. The van der Waals surface area contributed by atoms with E-state index in [4.69, 9.17) is 26.3 Å². The van der Waals surface area contributed by atoms with E-state index < -0.39 is 5.97 Å². The number of anilines is 2. The summed E-state index contributed by atoms with van der Waals surface area (Å²) in [4.78, 5) is 31.1. The number of benzene rings is 2. The zero-order chi connectivity index (χ0) is 23.7. The molecule has 0 aliphatic carbocycles. The minimum Gasteiger partial charge on any atom is -0.462 e. The van der Waals surface area contributed by atoms with E-state index in [1.165, 1.54) is 0 Å². The Bertz CT molecular complexity index is 1350. The number of hydrogen-bond acceptors (Lipinski definition) is 8. The van der Waals surface area contributed by atoms with Gasteiger partial charge < -0.3 is 14.5 Å². The van der Waals surface area contributed by atoms with E-state index in [0.29, 0.717) is 41.9 Å². The molecule has 7 nitrogen and oxygen atoms in total. The lowest BCUT2D eigenvalue weighted by molar-refractivity contribution is 0.0526. The van der Waals surface area contributed by atoms with Crippen LogP contribution >= 0.6 is 22.9 Å².